The van der Waals surface area contributed by atoms with E-state index in [1.54, 1.807) is 0 Å². The molecule has 0 aliphatic rings. The molecule has 0 spiro atoms. The Morgan fingerprint density at radius 3 is 2.20 bits per heavy atom. The first kappa shape index (κ1) is 14.6. The van der Waals surface area contributed by atoms with Crippen molar-refractivity contribution in [3.8, 4) is 0 Å². The van der Waals surface area contributed by atoms with E-state index in [9.17, 15) is 4.79 Å². The van der Waals surface area contributed by atoms with E-state index in [-0.39, 0.29) is 12.5 Å². The zero-order chi connectivity index (χ0) is 14.4. The van der Waals surface area contributed by atoms with Crippen molar-refractivity contribution in [1.29, 1.82) is 0 Å². The number of rotatable bonds is 5. The fourth-order valence-corrected chi connectivity index (χ4v) is 2.04. The van der Waals surface area contributed by atoms with Gasteiger partial charge in [0.15, 0.2) is 0 Å². The number of aryl methyl sites for hydroxylation is 1. The van der Waals surface area contributed by atoms with Crippen molar-refractivity contribution < 1.29 is 4.79 Å². The van der Waals surface area contributed by atoms with Crippen molar-refractivity contribution in [2.75, 3.05) is 17.2 Å². The maximum Gasteiger partial charge on any atom is 0.243 e. The molecular formula is C16H17BrN2O. The monoisotopic (exact) mass is 332 g/mol. The molecule has 104 valence electrons. The molecule has 2 rings (SSSR count). The number of benzene rings is 2. The highest BCUT2D eigenvalue weighted by Gasteiger charge is 2.02. The highest BCUT2D eigenvalue weighted by Crippen LogP contribution is 2.14. The smallest absolute Gasteiger partial charge is 0.243 e. The molecule has 0 saturated heterocycles. The van der Waals surface area contributed by atoms with E-state index in [1.807, 2.05) is 36.4 Å². The number of anilines is 2. The molecule has 0 heterocycles. The molecule has 1 amide bonds. The van der Waals surface area contributed by atoms with Crippen molar-refractivity contribution in [2.24, 2.45) is 0 Å². The van der Waals surface area contributed by atoms with Crippen molar-refractivity contribution in [1.82, 2.24) is 0 Å². The summed E-state index contributed by atoms with van der Waals surface area (Å²) in [7, 11) is 0. The predicted molar refractivity (Wildman–Crippen MR) is 87.1 cm³/mol. The van der Waals surface area contributed by atoms with Crippen LogP contribution in [-0.2, 0) is 11.2 Å². The predicted octanol–water partition coefficient (Wildman–Crippen LogP) is 4.06. The minimum atomic E-state index is -0.0631. The summed E-state index contributed by atoms with van der Waals surface area (Å²) in [5.74, 6) is -0.0631. The zero-order valence-electron chi connectivity index (χ0n) is 11.3. The van der Waals surface area contributed by atoms with Crippen LogP contribution in [0.2, 0.25) is 0 Å². The van der Waals surface area contributed by atoms with Crippen molar-refractivity contribution in [2.45, 2.75) is 13.3 Å². The Kier molecular flexibility index (Phi) is 5.18. The molecule has 0 bridgehead atoms. The van der Waals surface area contributed by atoms with Crippen LogP contribution < -0.4 is 10.6 Å². The number of halogens is 1. The van der Waals surface area contributed by atoms with E-state index in [0.29, 0.717) is 0 Å². The van der Waals surface area contributed by atoms with Crippen molar-refractivity contribution >= 4 is 33.2 Å². The fraction of sp³-hybridized carbons (Fsp3) is 0.188. The van der Waals surface area contributed by atoms with Crippen LogP contribution in [0.25, 0.3) is 0 Å². The van der Waals surface area contributed by atoms with Gasteiger partial charge in [0, 0.05) is 15.8 Å². The maximum atomic E-state index is 11.8. The SMILES string of the molecule is CCc1ccc(NCC(=O)Nc2ccc(Br)cc2)cc1. The fourth-order valence-electron chi connectivity index (χ4n) is 1.78. The van der Waals surface area contributed by atoms with Gasteiger partial charge in [-0.2, -0.15) is 0 Å². The van der Waals surface area contributed by atoms with Gasteiger partial charge in [0.2, 0.25) is 5.91 Å². The molecule has 2 N–H and O–H groups in total. The Labute approximate surface area is 127 Å². The van der Waals surface area contributed by atoms with Crippen LogP contribution in [0.5, 0.6) is 0 Å². The van der Waals surface area contributed by atoms with Crippen molar-refractivity contribution in [3.05, 3.63) is 58.6 Å². The first-order valence-electron chi connectivity index (χ1n) is 6.55. The second-order valence-corrected chi connectivity index (χ2v) is 5.37. The van der Waals surface area contributed by atoms with Crippen LogP contribution in [0.1, 0.15) is 12.5 Å². The molecule has 0 atom stereocenters. The number of hydrogen-bond acceptors (Lipinski definition) is 2. The molecule has 0 aromatic heterocycles. The molecule has 0 radical (unpaired) electrons. The van der Waals surface area contributed by atoms with Gasteiger partial charge in [-0.1, -0.05) is 35.0 Å². The third-order valence-corrected chi connectivity index (χ3v) is 3.47. The van der Waals surface area contributed by atoms with Crippen LogP contribution in [-0.4, -0.2) is 12.5 Å². The molecule has 0 saturated carbocycles. The van der Waals surface area contributed by atoms with E-state index in [0.717, 1.165) is 22.3 Å². The zero-order valence-corrected chi connectivity index (χ0v) is 12.9. The van der Waals surface area contributed by atoms with E-state index < -0.39 is 0 Å². The van der Waals surface area contributed by atoms with Gasteiger partial charge in [-0.15, -0.1) is 0 Å². The molecule has 3 nitrogen and oxygen atoms in total. The average Bonchev–Trinajstić information content (AvgIpc) is 2.48. The van der Waals surface area contributed by atoms with Gasteiger partial charge in [-0.05, 0) is 48.4 Å². The number of hydrogen-bond donors (Lipinski definition) is 2. The van der Waals surface area contributed by atoms with Gasteiger partial charge >= 0.3 is 0 Å². The lowest BCUT2D eigenvalue weighted by Crippen LogP contribution is -2.21. The van der Waals surface area contributed by atoms with E-state index in [4.69, 9.17) is 0 Å². The summed E-state index contributed by atoms with van der Waals surface area (Å²) in [6.07, 6.45) is 1.02. The lowest BCUT2D eigenvalue weighted by molar-refractivity contribution is -0.114. The molecule has 0 aliphatic carbocycles. The Morgan fingerprint density at radius 2 is 1.60 bits per heavy atom. The minimum absolute atomic E-state index is 0.0631. The van der Waals surface area contributed by atoms with Crippen LogP contribution in [0.15, 0.2) is 53.0 Å². The standard InChI is InChI=1S/C16H17BrN2O/c1-2-12-3-7-14(8-4-12)18-11-16(20)19-15-9-5-13(17)6-10-15/h3-10,18H,2,11H2,1H3,(H,19,20). The highest BCUT2D eigenvalue weighted by molar-refractivity contribution is 9.10. The Bertz CT molecular complexity index is 564. The summed E-state index contributed by atoms with van der Waals surface area (Å²) < 4.78 is 0.990. The first-order chi connectivity index (χ1) is 9.67. The average molecular weight is 333 g/mol. The minimum Gasteiger partial charge on any atom is -0.376 e. The highest BCUT2D eigenvalue weighted by atomic mass is 79.9. The summed E-state index contributed by atoms with van der Waals surface area (Å²) in [5, 5.41) is 5.95. The third-order valence-electron chi connectivity index (χ3n) is 2.94. The topological polar surface area (TPSA) is 41.1 Å². The molecule has 0 aliphatic heterocycles. The summed E-state index contributed by atoms with van der Waals surface area (Å²) in [4.78, 5) is 11.8. The summed E-state index contributed by atoms with van der Waals surface area (Å²) in [6.45, 7) is 2.37. The number of nitrogens with one attached hydrogen (secondary N) is 2. The Hall–Kier alpha value is -1.81. The van der Waals surface area contributed by atoms with Crippen LogP contribution in [0.4, 0.5) is 11.4 Å². The van der Waals surface area contributed by atoms with E-state index in [2.05, 4.69) is 45.6 Å². The molecule has 2 aromatic rings. The molecule has 0 fully saturated rings. The van der Waals surface area contributed by atoms with Gasteiger partial charge in [0.25, 0.3) is 0 Å². The molecule has 20 heavy (non-hydrogen) atoms. The summed E-state index contributed by atoms with van der Waals surface area (Å²) in [5.41, 5.74) is 3.03. The molecule has 2 aromatic carbocycles. The second kappa shape index (κ2) is 7.10. The largest absolute Gasteiger partial charge is 0.376 e. The lowest BCUT2D eigenvalue weighted by atomic mass is 10.1. The quantitative estimate of drug-likeness (QED) is 0.866. The number of carbonyl (C=O) groups excluding carboxylic acids is 1. The lowest BCUT2D eigenvalue weighted by Gasteiger charge is -2.08. The second-order valence-electron chi connectivity index (χ2n) is 4.46. The van der Waals surface area contributed by atoms with Crippen LogP contribution in [0.3, 0.4) is 0 Å². The number of carbonyl (C=O) groups is 1. The third kappa shape index (κ3) is 4.38. The van der Waals surface area contributed by atoms with E-state index in [1.165, 1.54) is 5.56 Å². The van der Waals surface area contributed by atoms with Crippen LogP contribution in [0, 0.1) is 0 Å². The first-order valence-corrected chi connectivity index (χ1v) is 7.35. The van der Waals surface area contributed by atoms with Crippen molar-refractivity contribution in [3.63, 3.8) is 0 Å². The Balaban J connectivity index is 1.83. The summed E-state index contributed by atoms with van der Waals surface area (Å²) in [6, 6.07) is 15.6. The molecule has 0 unspecified atom stereocenters. The number of amides is 1. The van der Waals surface area contributed by atoms with Gasteiger partial charge in [-0.3, -0.25) is 4.79 Å². The van der Waals surface area contributed by atoms with Gasteiger partial charge in [0.05, 0.1) is 6.54 Å². The summed E-state index contributed by atoms with van der Waals surface area (Å²) >= 11 is 3.36. The molecule has 4 heteroatoms. The Morgan fingerprint density at radius 1 is 1.00 bits per heavy atom. The van der Waals surface area contributed by atoms with E-state index >= 15 is 0 Å². The maximum absolute atomic E-state index is 11.8. The molecular weight excluding hydrogens is 316 g/mol. The van der Waals surface area contributed by atoms with Gasteiger partial charge in [0.1, 0.15) is 0 Å². The van der Waals surface area contributed by atoms with Gasteiger partial charge in [-0.25, -0.2) is 0 Å². The van der Waals surface area contributed by atoms with Gasteiger partial charge < -0.3 is 10.6 Å². The van der Waals surface area contributed by atoms with Crippen LogP contribution >= 0.6 is 15.9 Å². The normalized spacial score (nSPS) is 10.1.